The number of nitrogens with two attached hydrogens (primary N) is 1. The lowest BCUT2D eigenvalue weighted by molar-refractivity contribution is 0.320. The van der Waals surface area contributed by atoms with E-state index >= 15 is 0 Å². The summed E-state index contributed by atoms with van der Waals surface area (Å²) in [6.45, 7) is 4.97. The number of oxime groups is 1. The van der Waals surface area contributed by atoms with Crippen LogP contribution >= 0.6 is 0 Å². The topological polar surface area (TPSA) is 71.0 Å². The summed E-state index contributed by atoms with van der Waals surface area (Å²) in [7, 11) is 0. The first-order chi connectivity index (χ1) is 4.26. The zero-order chi connectivity index (χ0) is 7.28. The van der Waals surface area contributed by atoms with E-state index in [2.05, 4.69) is 16.8 Å². The van der Waals surface area contributed by atoms with E-state index in [0.29, 0.717) is 11.4 Å². The fraction of sp³-hybridized carbons (Fsp3) is 0.200. The maximum Gasteiger partial charge on any atom is 0.107 e. The van der Waals surface area contributed by atoms with Gasteiger partial charge >= 0.3 is 0 Å². The summed E-state index contributed by atoms with van der Waals surface area (Å²) in [5.41, 5.74) is 0.741. The summed E-state index contributed by atoms with van der Waals surface area (Å²) in [5.74, 6) is 4.88. The molecular weight excluding hydrogens is 118 g/mol. The van der Waals surface area contributed by atoms with Gasteiger partial charge in [-0.3, -0.25) is 0 Å². The molecule has 0 aliphatic carbocycles. The van der Waals surface area contributed by atoms with Crippen molar-refractivity contribution >= 4 is 11.4 Å². The SMILES string of the molecule is C=CC(=NN)/C(C)=N/O. The molecule has 0 aromatic heterocycles. The van der Waals surface area contributed by atoms with Crippen molar-refractivity contribution in [2.75, 3.05) is 0 Å². The number of rotatable bonds is 2. The molecule has 4 nitrogen and oxygen atoms in total. The third-order valence-electron chi connectivity index (χ3n) is 0.853. The first kappa shape index (κ1) is 7.68. The van der Waals surface area contributed by atoms with Crippen molar-refractivity contribution in [3.63, 3.8) is 0 Å². The Hall–Kier alpha value is -1.32. The molecular formula is C5H9N3O. The van der Waals surface area contributed by atoms with Gasteiger partial charge in [0, 0.05) is 0 Å². The van der Waals surface area contributed by atoms with E-state index in [1.54, 1.807) is 6.92 Å². The summed E-state index contributed by atoms with van der Waals surface area (Å²) in [6, 6.07) is 0. The van der Waals surface area contributed by atoms with Crippen molar-refractivity contribution in [2.24, 2.45) is 16.1 Å². The molecule has 0 rings (SSSR count). The van der Waals surface area contributed by atoms with E-state index in [1.807, 2.05) is 0 Å². The Bertz CT molecular complexity index is 160. The summed E-state index contributed by atoms with van der Waals surface area (Å²) < 4.78 is 0. The lowest BCUT2D eigenvalue weighted by Gasteiger charge is -1.91. The Kier molecular flexibility index (Phi) is 3.12. The van der Waals surface area contributed by atoms with Crippen LogP contribution in [0.5, 0.6) is 0 Å². The van der Waals surface area contributed by atoms with E-state index in [4.69, 9.17) is 11.0 Å². The smallest absolute Gasteiger partial charge is 0.107 e. The second-order valence-electron chi connectivity index (χ2n) is 1.40. The van der Waals surface area contributed by atoms with Gasteiger partial charge in [0.05, 0.1) is 0 Å². The Labute approximate surface area is 53.4 Å². The molecule has 0 aromatic rings. The van der Waals surface area contributed by atoms with Crippen LogP contribution in [0.25, 0.3) is 0 Å². The molecule has 0 aliphatic rings. The van der Waals surface area contributed by atoms with Crippen molar-refractivity contribution in [1.82, 2.24) is 0 Å². The molecule has 0 saturated heterocycles. The molecule has 0 unspecified atom stereocenters. The van der Waals surface area contributed by atoms with Crippen LogP contribution in [-0.4, -0.2) is 16.6 Å². The highest BCUT2D eigenvalue weighted by atomic mass is 16.4. The van der Waals surface area contributed by atoms with Gasteiger partial charge in [-0.2, -0.15) is 5.10 Å². The average molecular weight is 127 g/mol. The first-order valence-electron chi connectivity index (χ1n) is 2.35. The Morgan fingerprint density at radius 2 is 2.33 bits per heavy atom. The molecule has 0 radical (unpaired) electrons. The predicted octanol–water partition coefficient (Wildman–Crippen LogP) is 0.337. The summed E-state index contributed by atoms with van der Waals surface area (Å²) >= 11 is 0. The highest BCUT2D eigenvalue weighted by Crippen LogP contribution is 1.81. The number of nitrogens with zero attached hydrogens (tertiary/aromatic N) is 2. The van der Waals surface area contributed by atoms with E-state index in [0.717, 1.165) is 0 Å². The Morgan fingerprint density at radius 3 is 2.44 bits per heavy atom. The van der Waals surface area contributed by atoms with Crippen LogP contribution in [0.15, 0.2) is 22.9 Å². The van der Waals surface area contributed by atoms with Crippen LogP contribution in [-0.2, 0) is 0 Å². The van der Waals surface area contributed by atoms with Gasteiger partial charge in [-0.1, -0.05) is 11.7 Å². The highest BCUT2D eigenvalue weighted by Gasteiger charge is 1.95. The summed E-state index contributed by atoms with van der Waals surface area (Å²) in [4.78, 5) is 0. The van der Waals surface area contributed by atoms with Gasteiger partial charge < -0.3 is 11.0 Å². The minimum absolute atomic E-state index is 0.354. The number of hydrazone groups is 1. The molecule has 9 heavy (non-hydrogen) atoms. The van der Waals surface area contributed by atoms with E-state index in [-0.39, 0.29) is 0 Å². The summed E-state index contributed by atoms with van der Waals surface area (Å²) in [6.07, 6.45) is 1.41. The number of hydrogen-bond donors (Lipinski definition) is 2. The van der Waals surface area contributed by atoms with Crippen LogP contribution < -0.4 is 5.84 Å². The monoisotopic (exact) mass is 127 g/mol. The quantitative estimate of drug-likeness (QED) is 0.243. The second kappa shape index (κ2) is 3.65. The molecule has 0 heterocycles. The molecule has 0 amide bonds. The number of hydrogen-bond acceptors (Lipinski definition) is 4. The molecule has 0 saturated carbocycles. The predicted molar refractivity (Wildman–Crippen MR) is 36.7 cm³/mol. The molecule has 0 fully saturated rings. The third-order valence-corrected chi connectivity index (χ3v) is 0.853. The van der Waals surface area contributed by atoms with Crippen LogP contribution in [0.2, 0.25) is 0 Å². The zero-order valence-electron chi connectivity index (χ0n) is 5.20. The lowest BCUT2D eigenvalue weighted by Crippen LogP contribution is -2.08. The summed E-state index contributed by atoms with van der Waals surface area (Å²) in [5, 5.41) is 14.3. The van der Waals surface area contributed by atoms with Gasteiger partial charge in [-0.15, -0.1) is 0 Å². The second-order valence-corrected chi connectivity index (χ2v) is 1.40. The van der Waals surface area contributed by atoms with Gasteiger partial charge in [-0.05, 0) is 13.0 Å². The lowest BCUT2D eigenvalue weighted by atomic mass is 10.2. The Morgan fingerprint density at radius 1 is 1.78 bits per heavy atom. The fourth-order valence-corrected chi connectivity index (χ4v) is 0.345. The van der Waals surface area contributed by atoms with Crippen molar-refractivity contribution in [3.05, 3.63) is 12.7 Å². The van der Waals surface area contributed by atoms with E-state index < -0.39 is 0 Å². The van der Waals surface area contributed by atoms with Crippen molar-refractivity contribution in [3.8, 4) is 0 Å². The van der Waals surface area contributed by atoms with Crippen molar-refractivity contribution in [2.45, 2.75) is 6.92 Å². The fourth-order valence-electron chi connectivity index (χ4n) is 0.345. The molecule has 50 valence electrons. The van der Waals surface area contributed by atoms with E-state index in [9.17, 15) is 0 Å². The van der Waals surface area contributed by atoms with E-state index in [1.165, 1.54) is 6.08 Å². The standard InChI is InChI=1S/C5H9N3O/c1-3-5(7-6)4(2)8-9/h3,9H,1,6H2,2H3/b7-5?,8-4+. The van der Waals surface area contributed by atoms with Crippen LogP contribution in [0.1, 0.15) is 6.92 Å². The zero-order valence-corrected chi connectivity index (χ0v) is 5.20. The number of allylic oxidation sites excluding steroid dienone is 1. The molecule has 3 N–H and O–H groups in total. The molecule has 0 spiro atoms. The maximum atomic E-state index is 8.17. The highest BCUT2D eigenvalue weighted by molar-refractivity contribution is 6.45. The minimum Gasteiger partial charge on any atom is -0.411 e. The maximum absolute atomic E-state index is 8.17. The van der Waals surface area contributed by atoms with Gasteiger partial charge in [0.25, 0.3) is 0 Å². The molecule has 0 atom stereocenters. The van der Waals surface area contributed by atoms with Gasteiger partial charge in [0.1, 0.15) is 11.4 Å². The van der Waals surface area contributed by atoms with Crippen LogP contribution in [0.4, 0.5) is 0 Å². The molecule has 0 bridgehead atoms. The normalized spacial score (nSPS) is 13.4. The molecule has 0 aromatic carbocycles. The largest absolute Gasteiger partial charge is 0.411 e. The Balaban J connectivity index is 4.32. The van der Waals surface area contributed by atoms with Gasteiger partial charge in [0.2, 0.25) is 0 Å². The van der Waals surface area contributed by atoms with Gasteiger partial charge in [0.15, 0.2) is 0 Å². The average Bonchev–Trinajstić information content (AvgIpc) is 1.90. The van der Waals surface area contributed by atoms with Gasteiger partial charge in [-0.25, -0.2) is 0 Å². The first-order valence-corrected chi connectivity index (χ1v) is 2.35. The minimum atomic E-state index is 0.354. The molecule has 0 aliphatic heterocycles. The van der Waals surface area contributed by atoms with Crippen molar-refractivity contribution in [1.29, 1.82) is 0 Å². The van der Waals surface area contributed by atoms with Crippen LogP contribution in [0.3, 0.4) is 0 Å². The van der Waals surface area contributed by atoms with Crippen LogP contribution in [0, 0.1) is 0 Å². The molecule has 4 heteroatoms. The third kappa shape index (κ3) is 1.94. The van der Waals surface area contributed by atoms with Crippen molar-refractivity contribution < 1.29 is 5.21 Å².